The molecule has 0 aliphatic rings. The van der Waals surface area contributed by atoms with E-state index in [9.17, 15) is 0 Å². The Morgan fingerprint density at radius 3 is 2.73 bits per heavy atom. The van der Waals surface area contributed by atoms with Crippen molar-refractivity contribution >= 4 is 28.9 Å². The van der Waals surface area contributed by atoms with E-state index in [1.54, 1.807) is 4.52 Å². The molecule has 0 unspecified atom stereocenters. The van der Waals surface area contributed by atoms with E-state index < -0.39 is 0 Å². The third-order valence-corrected chi connectivity index (χ3v) is 3.81. The molecule has 0 aliphatic carbocycles. The van der Waals surface area contributed by atoms with E-state index >= 15 is 0 Å². The number of nitrogens with zero attached hydrogens (tertiary/aromatic N) is 4. The van der Waals surface area contributed by atoms with Crippen molar-refractivity contribution in [3.05, 3.63) is 46.4 Å². The van der Waals surface area contributed by atoms with Gasteiger partial charge in [-0.2, -0.15) is 9.50 Å². The normalized spacial score (nSPS) is 11.1. The zero-order valence-corrected chi connectivity index (χ0v) is 13.6. The van der Waals surface area contributed by atoms with Crippen LogP contribution in [0.25, 0.3) is 5.78 Å². The molecule has 0 amide bonds. The quantitative estimate of drug-likeness (QED) is 0.788. The molecule has 114 valence electrons. The van der Waals surface area contributed by atoms with E-state index in [4.69, 9.17) is 11.6 Å². The number of aryl methyl sites for hydroxylation is 3. The summed E-state index contributed by atoms with van der Waals surface area (Å²) < 4.78 is 1.74. The van der Waals surface area contributed by atoms with Gasteiger partial charge in [-0.1, -0.05) is 24.6 Å². The van der Waals surface area contributed by atoms with Gasteiger partial charge >= 0.3 is 0 Å². The molecule has 2 aromatic heterocycles. The molecule has 3 aromatic rings. The van der Waals surface area contributed by atoms with Gasteiger partial charge in [0.1, 0.15) is 5.82 Å². The van der Waals surface area contributed by atoms with E-state index in [-0.39, 0.29) is 0 Å². The summed E-state index contributed by atoms with van der Waals surface area (Å²) in [6.07, 6.45) is 1.85. The van der Waals surface area contributed by atoms with Crippen molar-refractivity contribution in [3.8, 4) is 0 Å². The van der Waals surface area contributed by atoms with Crippen LogP contribution in [0.2, 0.25) is 5.02 Å². The summed E-state index contributed by atoms with van der Waals surface area (Å²) in [5.74, 6) is 2.26. The maximum absolute atomic E-state index is 6.19. The molecule has 6 heteroatoms. The lowest BCUT2D eigenvalue weighted by Crippen LogP contribution is -2.03. The first-order valence-corrected chi connectivity index (χ1v) is 7.71. The molecule has 2 heterocycles. The number of anilines is 2. The molecule has 0 aliphatic heterocycles. The molecular weight excluding hydrogens is 298 g/mol. The van der Waals surface area contributed by atoms with Gasteiger partial charge in [0, 0.05) is 28.9 Å². The minimum absolute atomic E-state index is 0.615. The molecule has 22 heavy (non-hydrogen) atoms. The summed E-state index contributed by atoms with van der Waals surface area (Å²) in [7, 11) is 0. The molecule has 1 aromatic carbocycles. The van der Waals surface area contributed by atoms with Gasteiger partial charge < -0.3 is 5.32 Å². The van der Waals surface area contributed by atoms with E-state index in [0.29, 0.717) is 5.78 Å². The van der Waals surface area contributed by atoms with E-state index in [2.05, 4.69) is 27.3 Å². The Labute approximate surface area is 134 Å². The predicted octanol–water partition coefficient (Wildman–Crippen LogP) is 4.09. The van der Waals surface area contributed by atoms with E-state index in [1.165, 1.54) is 0 Å². The van der Waals surface area contributed by atoms with Crippen LogP contribution < -0.4 is 5.32 Å². The summed E-state index contributed by atoms with van der Waals surface area (Å²) in [4.78, 5) is 8.91. The molecule has 0 bridgehead atoms. The van der Waals surface area contributed by atoms with Crippen molar-refractivity contribution in [2.45, 2.75) is 33.6 Å². The summed E-state index contributed by atoms with van der Waals surface area (Å²) in [5, 5.41) is 8.61. The number of hydrogen-bond donors (Lipinski definition) is 1. The maximum atomic E-state index is 6.19. The highest BCUT2D eigenvalue weighted by Gasteiger charge is 2.10. The van der Waals surface area contributed by atoms with Crippen LogP contribution in [0.15, 0.2) is 24.3 Å². The van der Waals surface area contributed by atoms with Crippen molar-refractivity contribution in [3.63, 3.8) is 0 Å². The van der Waals surface area contributed by atoms with Crippen molar-refractivity contribution in [2.24, 2.45) is 0 Å². The predicted molar refractivity (Wildman–Crippen MR) is 89.0 cm³/mol. The van der Waals surface area contributed by atoms with Crippen LogP contribution in [0.5, 0.6) is 0 Å². The largest absolute Gasteiger partial charge is 0.340 e. The third-order valence-electron chi connectivity index (χ3n) is 3.40. The highest BCUT2D eigenvalue weighted by molar-refractivity contribution is 6.31. The van der Waals surface area contributed by atoms with Gasteiger partial charge in [-0.25, -0.2) is 4.98 Å². The highest BCUT2D eigenvalue weighted by Crippen LogP contribution is 2.23. The zero-order valence-electron chi connectivity index (χ0n) is 12.9. The van der Waals surface area contributed by atoms with Gasteiger partial charge in [0.25, 0.3) is 5.78 Å². The van der Waals surface area contributed by atoms with Crippen molar-refractivity contribution < 1.29 is 0 Å². The molecule has 0 saturated heterocycles. The maximum Gasteiger partial charge on any atom is 0.254 e. The molecule has 1 N–H and O–H groups in total. The van der Waals surface area contributed by atoms with Crippen molar-refractivity contribution in [2.75, 3.05) is 5.32 Å². The zero-order chi connectivity index (χ0) is 15.7. The average molecular weight is 316 g/mol. The first kappa shape index (κ1) is 14.8. The average Bonchev–Trinajstić information content (AvgIpc) is 2.86. The van der Waals surface area contributed by atoms with Crippen LogP contribution in [-0.2, 0) is 6.42 Å². The van der Waals surface area contributed by atoms with Crippen LogP contribution in [0, 0.1) is 13.8 Å². The second-order valence-electron chi connectivity index (χ2n) is 5.36. The summed E-state index contributed by atoms with van der Waals surface area (Å²) >= 11 is 6.19. The fourth-order valence-corrected chi connectivity index (χ4v) is 2.45. The number of nitrogens with one attached hydrogen (secondary N) is 1. The van der Waals surface area contributed by atoms with E-state index in [1.807, 2.05) is 38.1 Å². The van der Waals surface area contributed by atoms with E-state index in [0.717, 1.165) is 46.5 Å². The van der Waals surface area contributed by atoms with Gasteiger partial charge in [0.2, 0.25) is 0 Å². The third kappa shape index (κ3) is 2.90. The van der Waals surface area contributed by atoms with Gasteiger partial charge in [-0.15, -0.1) is 5.10 Å². The molecule has 0 spiro atoms. The van der Waals surface area contributed by atoms with Gasteiger partial charge in [-0.05, 0) is 38.0 Å². The fourth-order valence-electron chi connectivity index (χ4n) is 2.27. The van der Waals surface area contributed by atoms with Gasteiger partial charge in [0.05, 0.1) is 0 Å². The van der Waals surface area contributed by atoms with Crippen LogP contribution in [0.1, 0.15) is 30.4 Å². The van der Waals surface area contributed by atoms with Crippen LogP contribution >= 0.6 is 11.6 Å². The van der Waals surface area contributed by atoms with Crippen molar-refractivity contribution in [1.29, 1.82) is 0 Å². The minimum Gasteiger partial charge on any atom is -0.340 e. The Morgan fingerprint density at radius 1 is 1.18 bits per heavy atom. The van der Waals surface area contributed by atoms with Crippen molar-refractivity contribution in [1.82, 2.24) is 19.6 Å². The van der Waals surface area contributed by atoms with Crippen LogP contribution in [-0.4, -0.2) is 19.6 Å². The van der Waals surface area contributed by atoms with Crippen LogP contribution in [0.4, 0.5) is 11.5 Å². The molecule has 0 fully saturated rings. The topological polar surface area (TPSA) is 55.1 Å². The summed E-state index contributed by atoms with van der Waals surface area (Å²) in [6.45, 7) is 6.04. The summed E-state index contributed by atoms with van der Waals surface area (Å²) in [5.41, 5.74) is 2.85. The van der Waals surface area contributed by atoms with Crippen LogP contribution in [0.3, 0.4) is 0 Å². The second-order valence-corrected chi connectivity index (χ2v) is 5.77. The number of rotatable bonds is 4. The molecule has 3 rings (SSSR count). The number of hydrogen-bond acceptors (Lipinski definition) is 4. The Kier molecular flexibility index (Phi) is 3.98. The molecule has 5 nitrogen and oxygen atoms in total. The molecule has 0 atom stereocenters. The summed E-state index contributed by atoms with van der Waals surface area (Å²) in [6, 6.07) is 7.83. The first-order chi connectivity index (χ1) is 10.6. The number of benzene rings is 1. The lowest BCUT2D eigenvalue weighted by atomic mass is 10.2. The second kappa shape index (κ2) is 5.93. The number of aromatic nitrogens is 4. The SMILES string of the molecule is CCCc1nc2nc(C)cc(Nc3ccc(C)c(Cl)c3)n2n1. The molecular formula is C16H18ClN5. The lowest BCUT2D eigenvalue weighted by Gasteiger charge is -2.09. The van der Waals surface area contributed by atoms with Gasteiger partial charge in [0.15, 0.2) is 5.82 Å². The molecule has 0 saturated carbocycles. The fraction of sp³-hybridized carbons (Fsp3) is 0.312. The number of fused-ring (bicyclic) bond motifs is 1. The standard InChI is InChI=1S/C16H18ClN5/c1-4-5-14-20-16-18-11(3)8-15(22(16)21-14)19-12-7-6-10(2)13(17)9-12/h6-9,19H,4-5H2,1-3H3. The first-order valence-electron chi connectivity index (χ1n) is 7.33. The Balaban J connectivity index is 2.03. The Hall–Kier alpha value is -2.14. The monoisotopic (exact) mass is 315 g/mol. The minimum atomic E-state index is 0.615. The highest BCUT2D eigenvalue weighted by atomic mass is 35.5. The Bertz CT molecular complexity index is 825. The smallest absolute Gasteiger partial charge is 0.254 e. The Morgan fingerprint density at radius 2 is 2.00 bits per heavy atom. The lowest BCUT2D eigenvalue weighted by molar-refractivity contribution is 0.819. The molecule has 0 radical (unpaired) electrons. The number of halogens is 1. The van der Waals surface area contributed by atoms with Gasteiger partial charge in [-0.3, -0.25) is 0 Å².